The Balaban J connectivity index is 1.51. The molecule has 0 aromatic carbocycles. The van der Waals surface area contributed by atoms with Gasteiger partial charge in [-0.2, -0.15) is 18.3 Å². The Morgan fingerprint density at radius 3 is 2.61 bits per heavy atom. The normalized spacial score (nSPS) is 16.1. The van der Waals surface area contributed by atoms with Crippen LogP contribution in [0.5, 0.6) is 0 Å². The van der Waals surface area contributed by atoms with E-state index in [-0.39, 0.29) is 35.4 Å². The summed E-state index contributed by atoms with van der Waals surface area (Å²) in [5.74, 6) is -0.817. The molecule has 0 unspecified atom stereocenters. The number of carbonyl (C=O) groups excluding carboxylic acids is 2. The molecule has 180 valence electrons. The highest BCUT2D eigenvalue weighted by Gasteiger charge is 2.41. The van der Waals surface area contributed by atoms with Crippen LogP contribution in [0.2, 0.25) is 0 Å². The zero-order valence-corrected chi connectivity index (χ0v) is 20.8. The number of nitrogens with zero attached hydrogens (tertiary/aromatic N) is 2. The Kier molecular flexibility index (Phi) is 6.91. The number of hydrogen-bond donors (Lipinski definition) is 1. The fourth-order valence-corrected chi connectivity index (χ4v) is 6.22. The second kappa shape index (κ2) is 9.40. The highest BCUT2D eigenvalue weighted by molar-refractivity contribution is 9.10. The molecule has 1 N–H and O–H groups in total. The molecule has 0 bridgehead atoms. The van der Waals surface area contributed by atoms with E-state index in [1.54, 1.807) is 13.8 Å². The Hall–Kier alpha value is -1.88. The molecule has 4 rings (SSSR count). The third kappa shape index (κ3) is 5.29. The van der Waals surface area contributed by atoms with E-state index < -0.39 is 17.8 Å². The van der Waals surface area contributed by atoms with Crippen molar-refractivity contribution in [3.8, 4) is 0 Å². The number of hydrogen-bond acceptors (Lipinski definition) is 5. The first-order valence-electron chi connectivity index (χ1n) is 11.0. The van der Waals surface area contributed by atoms with E-state index in [4.69, 9.17) is 4.74 Å². The first kappa shape index (κ1) is 24.3. The Morgan fingerprint density at radius 1 is 1.27 bits per heavy atom. The highest BCUT2D eigenvalue weighted by atomic mass is 79.9. The van der Waals surface area contributed by atoms with Crippen LogP contribution in [0.3, 0.4) is 0 Å². The van der Waals surface area contributed by atoms with Gasteiger partial charge < -0.3 is 10.1 Å². The van der Waals surface area contributed by atoms with E-state index >= 15 is 0 Å². The summed E-state index contributed by atoms with van der Waals surface area (Å²) in [6, 6.07) is 0. The predicted octanol–water partition coefficient (Wildman–Crippen LogP) is 6.08. The van der Waals surface area contributed by atoms with E-state index in [1.165, 1.54) is 16.0 Å². The molecule has 1 saturated carbocycles. The van der Waals surface area contributed by atoms with E-state index in [0.717, 1.165) is 49.0 Å². The Morgan fingerprint density at radius 2 is 1.97 bits per heavy atom. The van der Waals surface area contributed by atoms with Gasteiger partial charge in [-0.05, 0) is 73.9 Å². The van der Waals surface area contributed by atoms with Gasteiger partial charge in [0.1, 0.15) is 5.00 Å². The molecule has 11 heteroatoms. The monoisotopic (exact) mass is 547 g/mol. The molecule has 1 fully saturated rings. The van der Waals surface area contributed by atoms with Crippen molar-refractivity contribution >= 4 is 44.1 Å². The summed E-state index contributed by atoms with van der Waals surface area (Å²) in [5, 5.41) is 7.01. The first-order chi connectivity index (χ1) is 15.6. The van der Waals surface area contributed by atoms with Crippen molar-refractivity contribution in [3.05, 3.63) is 31.9 Å². The quantitative estimate of drug-likeness (QED) is 0.426. The lowest BCUT2D eigenvalue weighted by Crippen LogP contribution is -2.19. The molecule has 0 spiro atoms. The molecule has 0 radical (unpaired) electrons. The molecule has 2 aromatic rings. The van der Waals surface area contributed by atoms with Crippen molar-refractivity contribution in [1.29, 1.82) is 0 Å². The summed E-state index contributed by atoms with van der Waals surface area (Å²) in [6.07, 6.45) is 0.288. The van der Waals surface area contributed by atoms with Crippen molar-refractivity contribution < 1.29 is 27.5 Å². The number of rotatable bonds is 7. The predicted molar refractivity (Wildman–Crippen MR) is 122 cm³/mol. The van der Waals surface area contributed by atoms with E-state index in [2.05, 4.69) is 26.3 Å². The highest BCUT2D eigenvalue weighted by Crippen LogP contribution is 2.47. The topological polar surface area (TPSA) is 73.2 Å². The minimum atomic E-state index is -4.57. The number of halogens is 4. The number of aryl methyl sites for hydroxylation is 2. The SMILES string of the molecule is CC(C)OC(=O)c1c(NC(=O)CCn2nc(C(F)(F)F)c(Br)c2C2CC2)sc2c1CCCC2. The van der Waals surface area contributed by atoms with Crippen LogP contribution >= 0.6 is 27.3 Å². The second-order valence-electron chi connectivity index (χ2n) is 8.71. The standard InChI is InChI=1S/C22H25BrF3N3O3S/c1-11(2)32-21(31)16-13-5-3-4-6-14(13)33-20(16)27-15(30)9-10-29-18(12-7-8-12)17(23)19(28-29)22(24,25)26/h11-12H,3-10H2,1-2H3,(H,27,30). The van der Waals surface area contributed by atoms with Crippen LogP contribution in [0, 0.1) is 0 Å². The molecule has 6 nitrogen and oxygen atoms in total. The van der Waals surface area contributed by atoms with E-state index in [1.807, 2.05) is 0 Å². The number of thiophene rings is 1. The van der Waals surface area contributed by atoms with Gasteiger partial charge in [0.2, 0.25) is 5.91 Å². The van der Waals surface area contributed by atoms with Gasteiger partial charge in [0.05, 0.1) is 28.4 Å². The minimum Gasteiger partial charge on any atom is -0.459 e. The van der Waals surface area contributed by atoms with Crippen LogP contribution in [-0.2, 0) is 35.1 Å². The van der Waals surface area contributed by atoms with Crippen LogP contribution in [0.4, 0.5) is 18.2 Å². The number of fused-ring (bicyclic) bond motifs is 1. The lowest BCUT2D eigenvalue weighted by molar-refractivity contribution is -0.142. The van der Waals surface area contributed by atoms with Gasteiger partial charge >= 0.3 is 12.1 Å². The minimum absolute atomic E-state index is 0.0171. The number of esters is 1. The third-order valence-corrected chi connectivity index (χ3v) is 7.67. The maximum absolute atomic E-state index is 13.3. The van der Waals surface area contributed by atoms with Crippen LogP contribution in [0.1, 0.15) is 84.1 Å². The van der Waals surface area contributed by atoms with Crippen molar-refractivity contribution in [1.82, 2.24) is 9.78 Å². The third-order valence-electron chi connectivity index (χ3n) is 5.69. The molecule has 0 saturated heterocycles. The van der Waals surface area contributed by atoms with Crippen LogP contribution in [0.25, 0.3) is 0 Å². The maximum Gasteiger partial charge on any atom is 0.436 e. The zero-order chi connectivity index (χ0) is 23.9. The summed E-state index contributed by atoms with van der Waals surface area (Å²) in [6.45, 7) is 3.55. The van der Waals surface area contributed by atoms with Gasteiger partial charge in [0.15, 0.2) is 5.69 Å². The molecule has 2 aliphatic carbocycles. The lowest BCUT2D eigenvalue weighted by atomic mass is 9.95. The van der Waals surface area contributed by atoms with Crippen molar-refractivity contribution in [3.63, 3.8) is 0 Å². The maximum atomic E-state index is 13.3. The van der Waals surface area contributed by atoms with Gasteiger partial charge in [0.25, 0.3) is 0 Å². The van der Waals surface area contributed by atoms with Gasteiger partial charge in [-0.25, -0.2) is 4.79 Å². The molecule has 2 aromatic heterocycles. The summed E-state index contributed by atoms with van der Waals surface area (Å²) in [5.41, 5.74) is 0.878. The van der Waals surface area contributed by atoms with Crippen LogP contribution in [0.15, 0.2) is 4.47 Å². The number of aromatic nitrogens is 2. The first-order valence-corrected chi connectivity index (χ1v) is 12.7. The lowest BCUT2D eigenvalue weighted by Gasteiger charge is -2.14. The van der Waals surface area contributed by atoms with Crippen LogP contribution in [-0.4, -0.2) is 27.8 Å². The molecular formula is C22H25BrF3N3O3S. The van der Waals surface area contributed by atoms with Gasteiger partial charge in [-0.3, -0.25) is 9.48 Å². The molecule has 0 atom stereocenters. The Labute approximate surface area is 202 Å². The largest absolute Gasteiger partial charge is 0.459 e. The van der Waals surface area contributed by atoms with Gasteiger partial charge in [0, 0.05) is 17.2 Å². The smallest absolute Gasteiger partial charge is 0.436 e. The van der Waals surface area contributed by atoms with Crippen molar-refractivity contribution in [2.75, 3.05) is 5.32 Å². The fourth-order valence-electron chi connectivity index (χ4n) is 4.09. The summed E-state index contributed by atoms with van der Waals surface area (Å²) in [7, 11) is 0. The summed E-state index contributed by atoms with van der Waals surface area (Å²) in [4.78, 5) is 26.6. The average Bonchev–Trinajstić information content (AvgIpc) is 3.39. The van der Waals surface area contributed by atoms with Gasteiger partial charge in [-0.15, -0.1) is 11.3 Å². The molecule has 1 amide bonds. The molecule has 33 heavy (non-hydrogen) atoms. The van der Waals surface area contributed by atoms with E-state index in [0.29, 0.717) is 16.3 Å². The van der Waals surface area contributed by atoms with Crippen molar-refractivity contribution in [2.24, 2.45) is 0 Å². The van der Waals surface area contributed by atoms with Crippen LogP contribution < -0.4 is 5.32 Å². The zero-order valence-electron chi connectivity index (χ0n) is 18.4. The van der Waals surface area contributed by atoms with Gasteiger partial charge in [-0.1, -0.05) is 0 Å². The average molecular weight is 548 g/mol. The number of nitrogens with one attached hydrogen (secondary N) is 1. The number of amides is 1. The summed E-state index contributed by atoms with van der Waals surface area (Å²) < 4.78 is 46.6. The molecular weight excluding hydrogens is 523 g/mol. The molecule has 0 aliphatic heterocycles. The number of ether oxygens (including phenoxy) is 1. The Bertz CT molecular complexity index is 1070. The summed E-state index contributed by atoms with van der Waals surface area (Å²) >= 11 is 4.45. The molecule has 2 heterocycles. The number of alkyl halides is 3. The number of carbonyl (C=O) groups is 2. The van der Waals surface area contributed by atoms with Crippen molar-refractivity contribution in [2.45, 2.75) is 83.5 Å². The fraction of sp³-hybridized carbons (Fsp3) is 0.591. The number of anilines is 1. The molecule has 2 aliphatic rings. The second-order valence-corrected chi connectivity index (χ2v) is 10.6. The van der Waals surface area contributed by atoms with E-state index in [9.17, 15) is 22.8 Å².